The molecule has 0 radical (unpaired) electrons. The summed E-state index contributed by atoms with van der Waals surface area (Å²) in [7, 11) is -0.699. The number of benzene rings is 1. The van der Waals surface area contributed by atoms with Gasteiger partial charge in [0.05, 0.1) is 43.8 Å². The number of piperidine rings is 1. The second-order valence-electron chi connectivity index (χ2n) is 6.78. The molecule has 1 aliphatic rings. The SMILES string of the molecule is COc1cc2c(=O)[nH]cnc2cc1OCC1CCN(CCS(=O)(=O)OC)CC1. The lowest BCUT2D eigenvalue weighted by molar-refractivity contribution is 0.144. The molecule has 3 rings (SSSR count). The maximum atomic E-state index is 11.9. The Hall–Kier alpha value is -2.17. The van der Waals surface area contributed by atoms with Crippen LogP contribution in [0.15, 0.2) is 23.3 Å². The van der Waals surface area contributed by atoms with Crippen LogP contribution >= 0.6 is 0 Å². The number of nitrogens with zero attached hydrogens (tertiary/aromatic N) is 2. The van der Waals surface area contributed by atoms with Crippen LogP contribution < -0.4 is 15.0 Å². The number of hydrogen-bond acceptors (Lipinski definition) is 8. The van der Waals surface area contributed by atoms with Gasteiger partial charge < -0.3 is 19.4 Å². The number of hydrogen-bond donors (Lipinski definition) is 1. The summed E-state index contributed by atoms with van der Waals surface area (Å²) in [6, 6.07) is 3.35. The van der Waals surface area contributed by atoms with Crippen LogP contribution in [0.3, 0.4) is 0 Å². The van der Waals surface area contributed by atoms with Gasteiger partial charge in [-0.3, -0.25) is 8.98 Å². The fourth-order valence-electron chi connectivity index (χ4n) is 3.26. The smallest absolute Gasteiger partial charge is 0.268 e. The van der Waals surface area contributed by atoms with E-state index in [2.05, 4.69) is 19.1 Å². The first-order chi connectivity index (χ1) is 13.4. The lowest BCUT2D eigenvalue weighted by Crippen LogP contribution is -2.38. The van der Waals surface area contributed by atoms with E-state index in [1.54, 1.807) is 12.1 Å². The molecule has 154 valence electrons. The van der Waals surface area contributed by atoms with Crippen molar-refractivity contribution < 1.29 is 22.1 Å². The summed E-state index contributed by atoms with van der Waals surface area (Å²) < 4.78 is 38.7. The molecule has 1 aromatic heterocycles. The topological polar surface area (TPSA) is 111 Å². The molecule has 2 aromatic rings. The first-order valence-corrected chi connectivity index (χ1v) is 10.7. The number of fused-ring (bicyclic) bond motifs is 1. The lowest BCUT2D eigenvalue weighted by Gasteiger charge is -2.31. The highest BCUT2D eigenvalue weighted by Gasteiger charge is 2.22. The molecule has 0 atom stereocenters. The van der Waals surface area contributed by atoms with E-state index in [1.807, 2.05) is 0 Å². The van der Waals surface area contributed by atoms with E-state index in [1.165, 1.54) is 20.5 Å². The van der Waals surface area contributed by atoms with Gasteiger partial charge in [-0.1, -0.05) is 0 Å². The van der Waals surface area contributed by atoms with Gasteiger partial charge in [-0.25, -0.2) is 4.98 Å². The number of aromatic amines is 1. The zero-order chi connectivity index (χ0) is 20.1. The molecule has 0 bridgehead atoms. The van der Waals surface area contributed by atoms with Gasteiger partial charge >= 0.3 is 0 Å². The van der Waals surface area contributed by atoms with Gasteiger partial charge in [0.1, 0.15) is 0 Å². The van der Waals surface area contributed by atoms with E-state index < -0.39 is 10.1 Å². The van der Waals surface area contributed by atoms with E-state index in [9.17, 15) is 13.2 Å². The van der Waals surface area contributed by atoms with Crippen LogP contribution in [0.5, 0.6) is 11.5 Å². The molecule has 1 saturated heterocycles. The Balaban J connectivity index is 1.56. The number of H-pyrrole nitrogens is 1. The van der Waals surface area contributed by atoms with Gasteiger partial charge in [-0.15, -0.1) is 0 Å². The molecule has 10 heteroatoms. The third-order valence-electron chi connectivity index (χ3n) is 5.02. The molecular weight excluding hydrogens is 386 g/mol. The van der Waals surface area contributed by atoms with Gasteiger partial charge in [-0.05, 0) is 37.9 Å². The fraction of sp³-hybridized carbons (Fsp3) is 0.556. The predicted molar refractivity (Wildman–Crippen MR) is 104 cm³/mol. The van der Waals surface area contributed by atoms with Crippen molar-refractivity contribution in [1.82, 2.24) is 14.9 Å². The van der Waals surface area contributed by atoms with E-state index in [0.29, 0.717) is 41.5 Å². The van der Waals surface area contributed by atoms with Gasteiger partial charge in [0, 0.05) is 12.6 Å². The molecule has 1 aromatic carbocycles. The van der Waals surface area contributed by atoms with Gasteiger partial charge in [0.2, 0.25) is 0 Å². The molecular formula is C18H25N3O6S. The highest BCUT2D eigenvalue weighted by molar-refractivity contribution is 7.86. The molecule has 0 aliphatic carbocycles. The summed E-state index contributed by atoms with van der Waals surface area (Å²) in [5.74, 6) is 1.42. The molecule has 1 aliphatic heterocycles. The quantitative estimate of drug-likeness (QED) is 0.641. The maximum Gasteiger partial charge on any atom is 0.268 e. The van der Waals surface area contributed by atoms with E-state index in [4.69, 9.17) is 9.47 Å². The standard InChI is InChI=1S/C18H25N3O6S/c1-25-16-9-14-15(19-12-20-18(14)22)10-17(16)27-11-13-3-5-21(6-4-13)7-8-28(23,24)26-2/h9-10,12-13H,3-8,11H2,1-2H3,(H,19,20,22). The van der Waals surface area contributed by atoms with Crippen molar-refractivity contribution in [2.45, 2.75) is 12.8 Å². The number of nitrogens with one attached hydrogen (secondary N) is 1. The van der Waals surface area contributed by atoms with Crippen molar-refractivity contribution in [1.29, 1.82) is 0 Å². The third kappa shape index (κ3) is 5.00. The second kappa shape index (κ2) is 8.89. The third-order valence-corrected chi connectivity index (χ3v) is 6.21. The number of likely N-dealkylation sites (tertiary alicyclic amines) is 1. The van der Waals surface area contributed by atoms with Crippen molar-refractivity contribution in [2.75, 3.05) is 46.2 Å². The molecule has 1 fully saturated rings. The summed E-state index contributed by atoms with van der Waals surface area (Å²) in [5.41, 5.74) is 0.325. The minimum atomic E-state index is -3.42. The zero-order valence-corrected chi connectivity index (χ0v) is 16.8. The zero-order valence-electron chi connectivity index (χ0n) is 16.0. The Kier molecular flexibility index (Phi) is 6.53. The van der Waals surface area contributed by atoms with Crippen LogP contribution in [0.2, 0.25) is 0 Å². The Labute approximate surface area is 163 Å². The molecule has 0 amide bonds. The summed E-state index contributed by atoms with van der Waals surface area (Å²) in [5, 5.41) is 0.450. The Morgan fingerprint density at radius 3 is 2.64 bits per heavy atom. The van der Waals surface area contributed by atoms with Crippen LogP contribution in [0.1, 0.15) is 12.8 Å². The van der Waals surface area contributed by atoms with Gasteiger partial charge in [0.15, 0.2) is 11.5 Å². The van der Waals surface area contributed by atoms with Crippen molar-refractivity contribution in [3.63, 3.8) is 0 Å². The van der Waals surface area contributed by atoms with Crippen molar-refractivity contribution in [2.24, 2.45) is 5.92 Å². The van der Waals surface area contributed by atoms with Crippen LogP contribution in [-0.4, -0.2) is 69.5 Å². The minimum absolute atomic E-state index is 0.00505. The van der Waals surface area contributed by atoms with Gasteiger partial charge in [0.25, 0.3) is 15.7 Å². The molecule has 0 unspecified atom stereocenters. The molecule has 28 heavy (non-hydrogen) atoms. The molecule has 9 nitrogen and oxygen atoms in total. The highest BCUT2D eigenvalue weighted by atomic mass is 32.2. The first kappa shape index (κ1) is 20.6. The van der Waals surface area contributed by atoms with E-state index >= 15 is 0 Å². The number of aromatic nitrogens is 2. The summed E-state index contributed by atoms with van der Waals surface area (Å²) in [6.45, 7) is 2.63. The summed E-state index contributed by atoms with van der Waals surface area (Å²) in [6.07, 6.45) is 3.20. The normalized spacial score (nSPS) is 16.4. The highest BCUT2D eigenvalue weighted by Crippen LogP contribution is 2.31. The molecule has 2 heterocycles. The van der Waals surface area contributed by atoms with Crippen LogP contribution in [-0.2, 0) is 14.3 Å². The number of methoxy groups -OCH3 is 1. The molecule has 1 N–H and O–H groups in total. The molecule has 0 saturated carbocycles. The molecule has 0 spiro atoms. The van der Waals surface area contributed by atoms with Gasteiger partial charge in [-0.2, -0.15) is 8.42 Å². The van der Waals surface area contributed by atoms with Crippen molar-refractivity contribution in [3.8, 4) is 11.5 Å². The number of ether oxygens (including phenoxy) is 2. The number of rotatable bonds is 8. The predicted octanol–water partition coefficient (Wildman–Crippen LogP) is 0.999. The van der Waals surface area contributed by atoms with E-state index in [0.717, 1.165) is 25.9 Å². The monoisotopic (exact) mass is 411 g/mol. The first-order valence-electron chi connectivity index (χ1n) is 9.10. The lowest BCUT2D eigenvalue weighted by atomic mass is 9.98. The average molecular weight is 411 g/mol. The van der Waals surface area contributed by atoms with Crippen molar-refractivity contribution >= 4 is 21.0 Å². The van der Waals surface area contributed by atoms with E-state index in [-0.39, 0.29) is 11.3 Å². The van der Waals surface area contributed by atoms with Crippen molar-refractivity contribution in [3.05, 3.63) is 28.8 Å². The minimum Gasteiger partial charge on any atom is -0.493 e. The van der Waals surface area contributed by atoms with Crippen LogP contribution in [0.4, 0.5) is 0 Å². The average Bonchev–Trinajstić information content (AvgIpc) is 2.71. The maximum absolute atomic E-state index is 11.9. The summed E-state index contributed by atoms with van der Waals surface area (Å²) >= 11 is 0. The fourth-order valence-corrected chi connectivity index (χ4v) is 3.91. The van der Waals surface area contributed by atoms with Crippen LogP contribution in [0, 0.1) is 5.92 Å². The second-order valence-corrected chi connectivity index (χ2v) is 8.63. The Morgan fingerprint density at radius 1 is 1.21 bits per heavy atom. The largest absolute Gasteiger partial charge is 0.493 e. The van der Waals surface area contributed by atoms with Crippen LogP contribution in [0.25, 0.3) is 10.9 Å². The Morgan fingerprint density at radius 2 is 1.96 bits per heavy atom. The Bertz CT molecular complexity index is 967. The summed E-state index contributed by atoms with van der Waals surface area (Å²) in [4.78, 5) is 20.7.